The van der Waals surface area contributed by atoms with Crippen molar-refractivity contribution in [3.05, 3.63) is 30.3 Å². The van der Waals surface area contributed by atoms with Gasteiger partial charge in [0.2, 0.25) is 5.91 Å². The van der Waals surface area contributed by atoms with E-state index in [0.717, 1.165) is 5.69 Å². The first-order valence-electron chi connectivity index (χ1n) is 6.82. The lowest BCUT2D eigenvalue weighted by molar-refractivity contribution is -0.118. The van der Waals surface area contributed by atoms with Crippen LogP contribution in [0.15, 0.2) is 30.3 Å². The second-order valence-electron chi connectivity index (χ2n) is 4.89. The summed E-state index contributed by atoms with van der Waals surface area (Å²) >= 11 is 0. The Hall–Kier alpha value is -1.39. The van der Waals surface area contributed by atoms with Crippen molar-refractivity contribution in [3.63, 3.8) is 0 Å². The summed E-state index contributed by atoms with van der Waals surface area (Å²) in [6, 6.07) is 9.00. The lowest BCUT2D eigenvalue weighted by atomic mass is 9.97. The van der Waals surface area contributed by atoms with Crippen LogP contribution in [-0.2, 0) is 4.79 Å². The Morgan fingerprint density at radius 3 is 2.37 bits per heavy atom. The SMILES string of the molecule is CCC(O)(CC)CNC(C)C(=O)Nc1ccccc1. The van der Waals surface area contributed by atoms with Crippen molar-refractivity contribution in [2.75, 3.05) is 11.9 Å². The molecule has 0 aromatic heterocycles. The predicted octanol–water partition coefficient (Wildman–Crippen LogP) is 2.15. The Balaban J connectivity index is 2.45. The molecule has 1 atom stereocenters. The molecule has 0 saturated carbocycles. The highest BCUT2D eigenvalue weighted by molar-refractivity contribution is 5.94. The van der Waals surface area contributed by atoms with Gasteiger partial charge in [0.15, 0.2) is 0 Å². The second-order valence-corrected chi connectivity index (χ2v) is 4.89. The summed E-state index contributed by atoms with van der Waals surface area (Å²) < 4.78 is 0. The largest absolute Gasteiger partial charge is 0.389 e. The van der Waals surface area contributed by atoms with E-state index < -0.39 is 5.60 Å². The van der Waals surface area contributed by atoms with Gasteiger partial charge in [-0.2, -0.15) is 0 Å². The Bertz CT molecular complexity index is 388. The molecule has 4 nitrogen and oxygen atoms in total. The van der Waals surface area contributed by atoms with E-state index in [2.05, 4.69) is 10.6 Å². The topological polar surface area (TPSA) is 61.4 Å². The first-order valence-corrected chi connectivity index (χ1v) is 6.82. The molecule has 1 aromatic rings. The molecule has 106 valence electrons. The molecule has 1 unspecified atom stereocenters. The number of carbonyl (C=O) groups is 1. The van der Waals surface area contributed by atoms with Gasteiger partial charge in [-0.1, -0.05) is 32.0 Å². The number of anilines is 1. The van der Waals surface area contributed by atoms with Crippen molar-refractivity contribution in [2.45, 2.75) is 45.3 Å². The summed E-state index contributed by atoms with van der Waals surface area (Å²) in [6.45, 7) is 6.10. The van der Waals surface area contributed by atoms with Gasteiger partial charge >= 0.3 is 0 Å². The van der Waals surface area contributed by atoms with E-state index in [9.17, 15) is 9.90 Å². The number of benzene rings is 1. The fourth-order valence-corrected chi connectivity index (χ4v) is 1.71. The molecule has 0 bridgehead atoms. The number of hydrogen-bond acceptors (Lipinski definition) is 3. The van der Waals surface area contributed by atoms with Crippen molar-refractivity contribution in [1.29, 1.82) is 0 Å². The predicted molar refractivity (Wildman–Crippen MR) is 78.1 cm³/mol. The zero-order chi connectivity index (χ0) is 14.3. The van der Waals surface area contributed by atoms with E-state index >= 15 is 0 Å². The molecule has 0 radical (unpaired) electrons. The van der Waals surface area contributed by atoms with Crippen molar-refractivity contribution in [1.82, 2.24) is 5.32 Å². The fraction of sp³-hybridized carbons (Fsp3) is 0.533. The summed E-state index contributed by atoms with van der Waals surface area (Å²) in [5.41, 5.74) is 0.0452. The molecular formula is C15H24N2O2. The molecule has 1 amide bonds. The van der Waals surface area contributed by atoms with E-state index in [0.29, 0.717) is 19.4 Å². The molecule has 0 heterocycles. The van der Waals surface area contributed by atoms with Crippen LogP contribution in [0, 0.1) is 0 Å². The fourth-order valence-electron chi connectivity index (χ4n) is 1.71. The van der Waals surface area contributed by atoms with Crippen molar-refractivity contribution >= 4 is 11.6 Å². The monoisotopic (exact) mass is 264 g/mol. The van der Waals surface area contributed by atoms with Gasteiger partial charge in [-0.15, -0.1) is 0 Å². The summed E-state index contributed by atoms with van der Waals surface area (Å²) in [5, 5.41) is 16.1. The number of carbonyl (C=O) groups excluding carboxylic acids is 1. The van der Waals surface area contributed by atoms with Gasteiger partial charge in [-0.05, 0) is 31.9 Å². The Labute approximate surface area is 115 Å². The Morgan fingerprint density at radius 2 is 1.84 bits per heavy atom. The number of rotatable bonds is 7. The van der Waals surface area contributed by atoms with Crippen LogP contribution >= 0.6 is 0 Å². The van der Waals surface area contributed by atoms with Gasteiger partial charge < -0.3 is 15.7 Å². The van der Waals surface area contributed by atoms with E-state index in [1.807, 2.05) is 44.2 Å². The minimum atomic E-state index is -0.735. The van der Waals surface area contributed by atoms with E-state index in [1.165, 1.54) is 0 Å². The molecule has 0 spiro atoms. The van der Waals surface area contributed by atoms with Gasteiger partial charge in [0.25, 0.3) is 0 Å². The molecule has 0 aliphatic heterocycles. The maximum atomic E-state index is 12.0. The molecule has 0 aliphatic rings. The zero-order valence-corrected chi connectivity index (χ0v) is 11.9. The summed E-state index contributed by atoms with van der Waals surface area (Å²) in [7, 11) is 0. The van der Waals surface area contributed by atoms with Gasteiger partial charge in [-0.25, -0.2) is 0 Å². The van der Waals surface area contributed by atoms with Gasteiger partial charge in [0.1, 0.15) is 0 Å². The minimum Gasteiger partial charge on any atom is -0.389 e. The number of amides is 1. The molecular weight excluding hydrogens is 240 g/mol. The summed E-state index contributed by atoms with van der Waals surface area (Å²) in [5.74, 6) is -0.0965. The zero-order valence-electron chi connectivity index (χ0n) is 11.9. The third-order valence-electron chi connectivity index (χ3n) is 3.49. The van der Waals surface area contributed by atoms with Crippen LogP contribution in [0.4, 0.5) is 5.69 Å². The smallest absolute Gasteiger partial charge is 0.241 e. The van der Waals surface area contributed by atoms with Crippen LogP contribution < -0.4 is 10.6 Å². The van der Waals surface area contributed by atoms with E-state index in [4.69, 9.17) is 0 Å². The van der Waals surface area contributed by atoms with Crippen LogP contribution in [0.25, 0.3) is 0 Å². The van der Waals surface area contributed by atoms with Gasteiger partial charge in [-0.3, -0.25) is 4.79 Å². The normalized spacial score (nSPS) is 13.1. The van der Waals surface area contributed by atoms with Gasteiger partial charge in [0, 0.05) is 12.2 Å². The van der Waals surface area contributed by atoms with Crippen molar-refractivity contribution in [2.24, 2.45) is 0 Å². The summed E-state index contributed by atoms with van der Waals surface area (Å²) in [6.07, 6.45) is 1.34. The van der Waals surface area contributed by atoms with Crippen molar-refractivity contribution < 1.29 is 9.90 Å². The summed E-state index contributed by atoms with van der Waals surface area (Å²) in [4.78, 5) is 12.0. The number of hydrogen-bond donors (Lipinski definition) is 3. The van der Waals surface area contributed by atoms with Gasteiger partial charge in [0.05, 0.1) is 11.6 Å². The molecule has 1 rings (SSSR count). The lowest BCUT2D eigenvalue weighted by Gasteiger charge is -2.27. The molecule has 4 heteroatoms. The standard InChI is InChI=1S/C15H24N2O2/c1-4-15(19,5-2)11-16-12(3)14(18)17-13-9-7-6-8-10-13/h6-10,12,16,19H,4-5,11H2,1-3H3,(H,17,18). The molecule has 19 heavy (non-hydrogen) atoms. The first kappa shape index (κ1) is 15.7. The quantitative estimate of drug-likeness (QED) is 0.707. The van der Waals surface area contributed by atoms with Crippen LogP contribution in [0.5, 0.6) is 0 Å². The Morgan fingerprint density at radius 1 is 1.26 bits per heavy atom. The molecule has 0 saturated heterocycles. The molecule has 3 N–H and O–H groups in total. The molecule has 1 aromatic carbocycles. The average molecular weight is 264 g/mol. The maximum Gasteiger partial charge on any atom is 0.241 e. The van der Waals surface area contributed by atoms with Crippen LogP contribution in [-0.4, -0.2) is 29.2 Å². The van der Waals surface area contributed by atoms with Crippen molar-refractivity contribution in [3.8, 4) is 0 Å². The van der Waals surface area contributed by atoms with E-state index in [-0.39, 0.29) is 11.9 Å². The third-order valence-corrected chi connectivity index (χ3v) is 3.49. The molecule has 0 fully saturated rings. The van der Waals surface area contributed by atoms with Crippen LogP contribution in [0.3, 0.4) is 0 Å². The lowest BCUT2D eigenvalue weighted by Crippen LogP contribution is -2.47. The highest BCUT2D eigenvalue weighted by atomic mass is 16.3. The third kappa shape index (κ3) is 5.01. The number of nitrogens with one attached hydrogen (secondary N) is 2. The number of aliphatic hydroxyl groups is 1. The molecule has 0 aliphatic carbocycles. The highest BCUT2D eigenvalue weighted by Crippen LogP contribution is 2.13. The van der Waals surface area contributed by atoms with E-state index in [1.54, 1.807) is 6.92 Å². The van der Waals surface area contributed by atoms with Crippen LogP contribution in [0.2, 0.25) is 0 Å². The Kier molecular flexibility index (Phi) is 5.99. The highest BCUT2D eigenvalue weighted by Gasteiger charge is 2.24. The minimum absolute atomic E-state index is 0.0965. The first-order chi connectivity index (χ1) is 9.00. The van der Waals surface area contributed by atoms with Crippen LogP contribution in [0.1, 0.15) is 33.6 Å². The average Bonchev–Trinajstić information content (AvgIpc) is 2.45. The second kappa shape index (κ2) is 7.26. The number of para-hydroxylation sites is 1. The maximum absolute atomic E-state index is 12.0.